The fourth-order valence-electron chi connectivity index (χ4n) is 1.74. The zero-order valence-corrected chi connectivity index (χ0v) is 10.2. The van der Waals surface area contributed by atoms with Crippen LogP contribution in [0.2, 0.25) is 0 Å². The van der Waals surface area contributed by atoms with Crippen LogP contribution in [0.5, 0.6) is 0 Å². The quantitative estimate of drug-likeness (QED) is 0.536. The maximum atomic E-state index is 11.9. The second kappa shape index (κ2) is 5.16. The van der Waals surface area contributed by atoms with Gasteiger partial charge in [0.1, 0.15) is 5.54 Å². The first kappa shape index (κ1) is 13.5. The topological polar surface area (TPSA) is 86.7 Å². The third-order valence-electron chi connectivity index (χ3n) is 3.07. The summed E-state index contributed by atoms with van der Waals surface area (Å²) in [6.07, 6.45) is 1.60. The number of carboxylic acid groups (broad SMARTS) is 1. The fraction of sp³-hybridized carbons (Fsp3) is 0.727. The van der Waals surface area contributed by atoms with Gasteiger partial charge in [-0.25, -0.2) is 4.79 Å². The summed E-state index contributed by atoms with van der Waals surface area (Å²) < 4.78 is 0. The predicted octanol–water partition coefficient (Wildman–Crippen LogP) is 0.962. The third-order valence-corrected chi connectivity index (χ3v) is 3.07. The van der Waals surface area contributed by atoms with Gasteiger partial charge >= 0.3 is 12.0 Å². The Kier molecular flexibility index (Phi) is 4.09. The van der Waals surface area contributed by atoms with E-state index in [9.17, 15) is 14.4 Å². The van der Waals surface area contributed by atoms with E-state index in [1.165, 1.54) is 4.90 Å². The summed E-state index contributed by atoms with van der Waals surface area (Å²) in [6, 6.07) is -0.380. The van der Waals surface area contributed by atoms with Gasteiger partial charge in [0.2, 0.25) is 0 Å². The van der Waals surface area contributed by atoms with Gasteiger partial charge in [0.05, 0.1) is 0 Å². The number of urea groups is 1. The number of imide groups is 1. The van der Waals surface area contributed by atoms with E-state index in [4.69, 9.17) is 5.11 Å². The Hall–Kier alpha value is -1.59. The van der Waals surface area contributed by atoms with Crippen LogP contribution in [0.3, 0.4) is 0 Å². The van der Waals surface area contributed by atoms with Crippen molar-refractivity contribution in [3.63, 3.8) is 0 Å². The highest BCUT2D eigenvalue weighted by atomic mass is 16.4. The van der Waals surface area contributed by atoms with Crippen LogP contribution in [0.15, 0.2) is 0 Å². The van der Waals surface area contributed by atoms with Gasteiger partial charge in [0.15, 0.2) is 0 Å². The largest absolute Gasteiger partial charge is 0.481 e. The van der Waals surface area contributed by atoms with Crippen LogP contribution in [-0.4, -0.2) is 40.0 Å². The molecule has 1 fully saturated rings. The molecule has 0 aromatic rings. The zero-order chi connectivity index (χ0) is 13.1. The fourth-order valence-corrected chi connectivity index (χ4v) is 1.74. The van der Waals surface area contributed by atoms with Gasteiger partial charge < -0.3 is 10.4 Å². The zero-order valence-electron chi connectivity index (χ0n) is 10.2. The molecular weight excluding hydrogens is 224 g/mol. The number of rotatable bonds is 6. The Balaban J connectivity index is 2.47. The molecular formula is C11H18N2O4. The number of carbonyl (C=O) groups excluding carboxylic acids is 2. The Morgan fingerprint density at radius 2 is 2.06 bits per heavy atom. The lowest BCUT2D eigenvalue weighted by Crippen LogP contribution is -2.43. The second-order valence-corrected chi connectivity index (χ2v) is 4.42. The average Bonchev–Trinajstić information content (AvgIpc) is 2.47. The number of nitrogens with one attached hydrogen (secondary N) is 1. The smallest absolute Gasteiger partial charge is 0.325 e. The van der Waals surface area contributed by atoms with Gasteiger partial charge in [0.25, 0.3) is 5.91 Å². The molecule has 0 aliphatic carbocycles. The van der Waals surface area contributed by atoms with Crippen LogP contribution in [-0.2, 0) is 9.59 Å². The first-order valence-corrected chi connectivity index (χ1v) is 5.76. The molecule has 1 atom stereocenters. The van der Waals surface area contributed by atoms with E-state index in [1.807, 2.05) is 6.92 Å². The van der Waals surface area contributed by atoms with E-state index >= 15 is 0 Å². The van der Waals surface area contributed by atoms with Crippen LogP contribution in [0.1, 0.15) is 39.5 Å². The van der Waals surface area contributed by atoms with Crippen molar-refractivity contribution in [1.29, 1.82) is 0 Å². The lowest BCUT2D eigenvalue weighted by Gasteiger charge is -2.19. The lowest BCUT2D eigenvalue weighted by atomic mass is 9.99. The minimum absolute atomic E-state index is 0.0642. The van der Waals surface area contributed by atoms with E-state index in [1.54, 1.807) is 6.92 Å². The maximum absolute atomic E-state index is 11.9. The van der Waals surface area contributed by atoms with E-state index in [-0.39, 0.29) is 24.9 Å². The molecule has 1 heterocycles. The molecule has 96 valence electrons. The Morgan fingerprint density at radius 3 is 2.53 bits per heavy atom. The van der Waals surface area contributed by atoms with Gasteiger partial charge in [-0.2, -0.15) is 0 Å². The SMILES string of the molecule is CCC1(C)NC(=O)N(CCCCC(=O)O)C1=O. The van der Waals surface area contributed by atoms with Crippen molar-refractivity contribution in [2.45, 2.75) is 45.1 Å². The first-order valence-electron chi connectivity index (χ1n) is 5.76. The van der Waals surface area contributed by atoms with E-state index in [2.05, 4.69) is 5.32 Å². The normalized spacial score (nSPS) is 24.0. The molecule has 1 aliphatic heterocycles. The summed E-state index contributed by atoms with van der Waals surface area (Å²) in [5.41, 5.74) is -0.802. The van der Waals surface area contributed by atoms with Crippen LogP contribution in [0.25, 0.3) is 0 Å². The van der Waals surface area contributed by atoms with Crippen LogP contribution in [0.4, 0.5) is 4.79 Å². The van der Waals surface area contributed by atoms with Gasteiger partial charge in [-0.3, -0.25) is 14.5 Å². The lowest BCUT2D eigenvalue weighted by molar-refractivity contribution is -0.137. The molecule has 1 unspecified atom stereocenters. The number of amides is 3. The summed E-state index contributed by atoms with van der Waals surface area (Å²) in [6.45, 7) is 3.82. The van der Waals surface area contributed by atoms with Crippen molar-refractivity contribution in [2.24, 2.45) is 0 Å². The number of carbonyl (C=O) groups is 3. The van der Waals surface area contributed by atoms with E-state index in [0.29, 0.717) is 19.3 Å². The third kappa shape index (κ3) is 2.95. The van der Waals surface area contributed by atoms with Crippen molar-refractivity contribution in [3.8, 4) is 0 Å². The standard InChI is InChI=1S/C11H18N2O4/c1-3-11(2)9(16)13(10(17)12-11)7-5-4-6-8(14)15/h3-7H2,1-2H3,(H,12,17)(H,14,15). The molecule has 17 heavy (non-hydrogen) atoms. The summed E-state index contributed by atoms with van der Waals surface area (Å²) in [4.78, 5) is 35.0. The number of nitrogens with zero attached hydrogens (tertiary/aromatic N) is 1. The maximum Gasteiger partial charge on any atom is 0.325 e. The van der Waals surface area contributed by atoms with Gasteiger partial charge in [-0.15, -0.1) is 0 Å². The molecule has 3 amide bonds. The molecule has 0 bridgehead atoms. The molecule has 0 radical (unpaired) electrons. The highest BCUT2D eigenvalue weighted by Crippen LogP contribution is 2.21. The Bertz CT molecular complexity index is 342. The Labute approximate surface area is 100.0 Å². The van der Waals surface area contributed by atoms with Crippen molar-refractivity contribution in [2.75, 3.05) is 6.54 Å². The molecule has 0 aromatic heterocycles. The molecule has 6 nitrogen and oxygen atoms in total. The molecule has 1 saturated heterocycles. The summed E-state index contributed by atoms with van der Waals surface area (Å²) in [5.74, 6) is -1.08. The molecule has 0 saturated carbocycles. The minimum Gasteiger partial charge on any atom is -0.481 e. The molecule has 2 N–H and O–H groups in total. The summed E-state index contributed by atoms with van der Waals surface area (Å²) >= 11 is 0. The molecule has 1 rings (SSSR count). The molecule has 1 aliphatic rings. The molecule has 6 heteroatoms. The summed E-state index contributed by atoms with van der Waals surface area (Å²) in [5, 5.41) is 11.1. The number of hydrogen-bond donors (Lipinski definition) is 2. The van der Waals surface area contributed by atoms with Gasteiger partial charge in [0, 0.05) is 13.0 Å². The van der Waals surface area contributed by atoms with Gasteiger partial charge in [-0.05, 0) is 26.2 Å². The predicted molar refractivity (Wildman–Crippen MR) is 60.4 cm³/mol. The average molecular weight is 242 g/mol. The summed E-state index contributed by atoms with van der Waals surface area (Å²) in [7, 11) is 0. The van der Waals surface area contributed by atoms with Crippen LogP contribution < -0.4 is 5.32 Å². The first-order chi connectivity index (χ1) is 7.90. The van der Waals surface area contributed by atoms with Crippen molar-refractivity contribution in [1.82, 2.24) is 10.2 Å². The van der Waals surface area contributed by atoms with Gasteiger partial charge in [-0.1, -0.05) is 6.92 Å². The van der Waals surface area contributed by atoms with E-state index < -0.39 is 11.5 Å². The van der Waals surface area contributed by atoms with Crippen LogP contribution >= 0.6 is 0 Å². The monoisotopic (exact) mass is 242 g/mol. The van der Waals surface area contributed by atoms with Crippen molar-refractivity contribution in [3.05, 3.63) is 0 Å². The Morgan fingerprint density at radius 1 is 1.41 bits per heavy atom. The second-order valence-electron chi connectivity index (χ2n) is 4.42. The van der Waals surface area contributed by atoms with E-state index in [0.717, 1.165) is 0 Å². The van der Waals surface area contributed by atoms with Crippen molar-refractivity contribution >= 4 is 17.9 Å². The molecule has 0 spiro atoms. The number of carboxylic acids is 1. The molecule has 0 aromatic carbocycles. The number of unbranched alkanes of at least 4 members (excludes halogenated alkanes) is 1. The number of aliphatic carboxylic acids is 1. The number of hydrogen-bond acceptors (Lipinski definition) is 3. The van der Waals surface area contributed by atoms with Crippen LogP contribution in [0, 0.1) is 0 Å². The highest BCUT2D eigenvalue weighted by molar-refractivity contribution is 6.06. The highest BCUT2D eigenvalue weighted by Gasteiger charge is 2.45. The minimum atomic E-state index is -0.861. The van der Waals surface area contributed by atoms with Crippen molar-refractivity contribution < 1.29 is 19.5 Å².